The van der Waals surface area contributed by atoms with Gasteiger partial charge in [0.15, 0.2) is 0 Å². The Bertz CT molecular complexity index is 510. The van der Waals surface area contributed by atoms with Crippen molar-refractivity contribution in [1.82, 2.24) is 15.1 Å². The maximum atomic E-state index is 12.3. The van der Waals surface area contributed by atoms with Crippen molar-refractivity contribution in [2.75, 3.05) is 33.2 Å². The molecule has 116 valence electrons. The zero-order valence-corrected chi connectivity index (χ0v) is 13.9. The zero-order chi connectivity index (χ0) is 15.4. The van der Waals surface area contributed by atoms with Crippen molar-refractivity contribution in [3.8, 4) is 0 Å². The standard InChI is InChI=1S/C15H21Cl2N3O/c1-11-8-18-5-6-20(11)10-15(21)19(2)9-12-3-4-13(16)14(17)7-12/h3-4,7,11,18H,5-6,8-10H2,1-2H3/t11-/m1/s1. The van der Waals surface area contributed by atoms with E-state index in [4.69, 9.17) is 23.2 Å². The van der Waals surface area contributed by atoms with Crippen molar-refractivity contribution < 1.29 is 4.79 Å². The third kappa shape index (κ3) is 4.58. The number of amides is 1. The molecule has 0 bridgehead atoms. The lowest BCUT2D eigenvalue weighted by atomic mass is 10.2. The second-order valence-corrected chi connectivity index (χ2v) is 6.34. The number of nitrogens with zero attached hydrogens (tertiary/aromatic N) is 2. The van der Waals surface area contributed by atoms with Crippen LogP contribution in [0.5, 0.6) is 0 Å². The normalized spacial score (nSPS) is 19.5. The van der Waals surface area contributed by atoms with E-state index in [1.807, 2.05) is 13.1 Å². The largest absolute Gasteiger partial charge is 0.340 e. The number of piperazine rings is 1. The minimum absolute atomic E-state index is 0.120. The number of nitrogens with one attached hydrogen (secondary N) is 1. The molecule has 1 aliphatic rings. The fourth-order valence-electron chi connectivity index (χ4n) is 2.41. The number of halogens is 2. The van der Waals surface area contributed by atoms with Gasteiger partial charge in [-0.1, -0.05) is 29.3 Å². The number of rotatable bonds is 4. The van der Waals surface area contributed by atoms with E-state index < -0.39 is 0 Å². The maximum absolute atomic E-state index is 12.3. The predicted octanol–water partition coefficient (Wildman–Crippen LogP) is 2.25. The summed E-state index contributed by atoms with van der Waals surface area (Å²) in [5.41, 5.74) is 0.980. The van der Waals surface area contributed by atoms with Gasteiger partial charge in [-0.05, 0) is 24.6 Å². The highest BCUT2D eigenvalue weighted by molar-refractivity contribution is 6.42. The summed E-state index contributed by atoms with van der Waals surface area (Å²) in [7, 11) is 1.82. The van der Waals surface area contributed by atoms with Gasteiger partial charge in [0.1, 0.15) is 0 Å². The Balaban J connectivity index is 1.91. The van der Waals surface area contributed by atoms with Crippen LogP contribution in [0.2, 0.25) is 10.0 Å². The fraction of sp³-hybridized carbons (Fsp3) is 0.533. The van der Waals surface area contributed by atoms with Crippen LogP contribution in [0.4, 0.5) is 0 Å². The molecule has 4 nitrogen and oxygen atoms in total. The molecule has 21 heavy (non-hydrogen) atoms. The van der Waals surface area contributed by atoms with E-state index >= 15 is 0 Å². The first-order valence-corrected chi connectivity index (χ1v) is 7.85. The van der Waals surface area contributed by atoms with Gasteiger partial charge in [-0.15, -0.1) is 0 Å². The number of hydrogen-bond donors (Lipinski definition) is 1. The molecular formula is C15H21Cl2N3O. The van der Waals surface area contributed by atoms with Crippen LogP contribution in [0, 0.1) is 0 Å². The fourth-order valence-corrected chi connectivity index (χ4v) is 2.73. The Morgan fingerprint density at radius 2 is 2.19 bits per heavy atom. The van der Waals surface area contributed by atoms with Crippen LogP contribution >= 0.6 is 23.2 Å². The van der Waals surface area contributed by atoms with Crippen molar-refractivity contribution in [2.24, 2.45) is 0 Å². The van der Waals surface area contributed by atoms with Crippen LogP contribution in [0.25, 0.3) is 0 Å². The smallest absolute Gasteiger partial charge is 0.236 e. The van der Waals surface area contributed by atoms with Crippen LogP contribution in [0.3, 0.4) is 0 Å². The molecule has 0 aromatic heterocycles. The SMILES string of the molecule is C[C@@H]1CNCCN1CC(=O)N(C)Cc1ccc(Cl)c(Cl)c1. The summed E-state index contributed by atoms with van der Waals surface area (Å²) in [6, 6.07) is 5.85. The zero-order valence-electron chi connectivity index (χ0n) is 12.4. The quantitative estimate of drug-likeness (QED) is 0.920. The monoisotopic (exact) mass is 329 g/mol. The lowest BCUT2D eigenvalue weighted by Crippen LogP contribution is -2.52. The van der Waals surface area contributed by atoms with Gasteiger partial charge in [0.25, 0.3) is 0 Å². The van der Waals surface area contributed by atoms with E-state index in [-0.39, 0.29) is 5.91 Å². The van der Waals surface area contributed by atoms with Crippen LogP contribution in [-0.4, -0.2) is 55.0 Å². The average Bonchev–Trinajstić information content (AvgIpc) is 2.45. The number of hydrogen-bond acceptors (Lipinski definition) is 3. The molecule has 1 aromatic carbocycles. The summed E-state index contributed by atoms with van der Waals surface area (Å²) in [6.45, 7) is 5.92. The minimum Gasteiger partial charge on any atom is -0.340 e. The molecule has 1 aromatic rings. The Morgan fingerprint density at radius 1 is 1.43 bits per heavy atom. The van der Waals surface area contributed by atoms with E-state index in [2.05, 4.69) is 17.1 Å². The highest BCUT2D eigenvalue weighted by atomic mass is 35.5. The Hall–Kier alpha value is -0.810. The Labute approximate surface area is 136 Å². The molecule has 0 unspecified atom stereocenters. The van der Waals surface area contributed by atoms with Gasteiger partial charge in [0.2, 0.25) is 5.91 Å². The van der Waals surface area contributed by atoms with Crippen molar-refractivity contribution in [3.63, 3.8) is 0 Å². The van der Waals surface area contributed by atoms with Gasteiger partial charge in [-0.2, -0.15) is 0 Å². The molecule has 0 aliphatic carbocycles. The number of benzene rings is 1. The van der Waals surface area contributed by atoms with E-state index in [1.54, 1.807) is 17.0 Å². The first-order valence-electron chi connectivity index (χ1n) is 7.10. The second-order valence-electron chi connectivity index (χ2n) is 5.52. The summed E-state index contributed by atoms with van der Waals surface area (Å²) in [5, 5.41) is 4.38. The first-order chi connectivity index (χ1) is 9.97. The van der Waals surface area contributed by atoms with Gasteiger partial charge in [0, 0.05) is 39.3 Å². The highest BCUT2D eigenvalue weighted by Gasteiger charge is 2.21. The molecule has 1 heterocycles. The van der Waals surface area contributed by atoms with Crippen molar-refractivity contribution in [2.45, 2.75) is 19.5 Å². The summed E-state index contributed by atoms with van der Waals surface area (Å²) < 4.78 is 0. The molecule has 1 saturated heterocycles. The highest BCUT2D eigenvalue weighted by Crippen LogP contribution is 2.23. The lowest BCUT2D eigenvalue weighted by Gasteiger charge is -2.34. The molecule has 0 radical (unpaired) electrons. The van der Waals surface area contributed by atoms with E-state index in [0.29, 0.717) is 29.2 Å². The molecule has 1 atom stereocenters. The van der Waals surface area contributed by atoms with Gasteiger partial charge < -0.3 is 10.2 Å². The molecule has 1 amide bonds. The van der Waals surface area contributed by atoms with Crippen LogP contribution < -0.4 is 5.32 Å². The maximum Gasteiger partial charge on any atom is 0.236 e. The van der Waals surface area contributed by atoms with E-state index in [9.17, 15) is 4.79 Å². The lowest BCUT2D eigenvalue weighted by molar-refractivity contribution is -0.132. The second kappa shape index (κ2) is 7.45. The van der Waals surface area contributed by atoms with Crippen molar-refractivity contribution >= 4 is 29.1 Å². The molecule has 6 heteroatoms. The molecule has 1 fully saturated rings. The van der Waals surface area contributed by atoms with E-state index in [1.165, 1.54) is 0 Å². The van der Waals surface area contributed by atoms with Crippen LogP contribution in [0.1, 0.15) is 12.5 Å². The van der Waals surface area contributed by atoms with Gasteiger partial charge >= 0.3 is 0 Å². The number of carbonyl (C=O) groups excluding carboxylic acids is 1. The molecular weight excluding hydrogens is 309 g/mol. The Morgan fingerprint density at radius 3 is 2.86 bits per heavy atom. The summed E-state index contributed by atoms with van der Waals surface area (Å²) in [6.07, 6.45) is 0. The topological polar surface area (TPSA) is 35.6 Å². The number of carbonyl (C=O) groups is 1. The number of likely N-dealkylation sites (N-methyl/N-ethyl adjacent to an activating group) is 1. The summed E-state index contributed by atoms with van der Waals surface area (Å²) in [4.78, 5) is 16.3. The van der Waals surface area contributed by atoms with Crippen LogP contribution in [-0.2, 0) is 11.3 Å². The molecule has 0 spiro atoms. The molecule has 2 rings (SSSR count). The van der Waals surface area contributed by atoms with Crippen LogP contribution in [0.15, 0.2) is 18.2 Å². The first kappa shape index (κ1) is 16.6. The van der Waals surface area contributed by atoms with Crippen molar-refractivity contribution in [3.05, 3.63) is 33.8 Å². The van der Waals surface area contributed by atoms with Gasteiger partial charge in [-0.25, -0.2) is 0 Å². The summed E-state index contributed by atoms with van der Waals surface area (Å²) in [5.74, 6) is 0.120. The third-order valence-corrected chi connectivity index (χ3v) is 4.55. The Kier molecular flexibility index (Phi) is 5.88. The van der Waals surface area contributed by atoms with Gasteiger partial charge in [-0.3, -0.25) is 9.69 Å². The molecule has 1 aliphatic heterocycles. The third-order valence-electron chi connectivity index (χ3n) is 3.81. The van der Waals surface area contributed by atoms with Crippen molar-refractivity contribution in [1.29, 1.82) is 0 Å². The van der Waals surface area contributed by atoms with Gasteiger partial charge in [0.05, 0.1) is 16.6 Å². The van der Waals surface area contributed by atoms with E-state index in [0.717, 1.165) is 25.2 Å². The predicted molar refractivity (Wildman–Crippen MR) is 86.8 cm³/mol. The summed E-state index contributed by atoms with van der Waals surface area (Å²) >= 11 is 11.9. The average molecular weight is 330 g/mol. The molecule has 0 saturated carbocycles. The molecule has 1 N–H and O–H groups in total. The minimum atomic E-state index is 0.120.